The summed E-state index contributed by atoms with van der Waals surface area (Å²) < 4.78 is 11.6. The lowest BCUT2D eigenvalue weighted by atomic mass is 9.98. The molecule has 0 heterocycles. The van der Waals surface area contributed by atoms with Gasteiger partial charge in [0.25, 0.3) is 0 Å². The van der Waals surface area contributed by atoms with Gasteiger partial charge in [0.05, 0.1) is 12.6 Å². The molecular formula is C45H68N2O6S. The van der Waals surface area contributed by atoms with Crippen molar-refractivity contribution in [1.29, 1.82) is 0 Å². The van der Waals surface area contributed by atoms with E-state index in [1.54, 1.807) is 6.08 Å². The first-order chi connectivity index (χ1) is 26.4. The summed E-state index contributed by atoms with van der Waals surface area (Å²) in [5.74, 6) is -0.848. The number of amides is 2. The molecule has 0 fully saturated rings. The minimum absolute atomic E-state index is 0.107. The van der Waals surface area contributed by atoms with Gasteiger partial charge in [-0.2, -0.15) is 11.8 Å². The van der Waals surface area contributed by atoms with Gasteiger partial charge in [0.15, 0.2) is 0 Å². The van der Waals surface area contributed by atoms with Crippen LogP contribution in [0.4, 0.5) is 4.79 Å². The van der Waals surface area contributed by atoms with Gasteiger partial charge in [-0.05, 0) is 47.6 Å². The topological polar surface area (TPSA) is 114 Å². The number of thioether (sulfide) groups is 1. The first-order valence-electron chi connectivity index (χ1n) is 20.9. The predicted molar refractivity (Wildman–Crippen MR) is 223 cm³/mol. The molecule has 1 aliphatic rings. The van der Waals surface area contributed by atoms with E-state index in [-0.39, 0.29) is 30.2 Å². The largest absolute Gasteiger partial charge is 0.480 e. The van der Waals surface area contributed by atoms with E-state index in [1.807, 2.05) is 42.5 Å². The molecule has 3 rings (SSSR count). The Bertz CT molecular complexity index is 1340. The number of carbonyl (C=O) groups excluding carboxylic acids is 2. The van der Waals surface area contributed by atoms with E-state index in [9.17, 15) is 19.5 Å². The van der Waals surface area contributed by atoms with E-state index in [0.29, 0.717) is 19.0 Å². The number of ether oxygens (including phenoxy) is 2. The van der Waals surface area contributed by atoms with Crippen molar-refractivity contribution >= 4 is 29.7 Å². The molecule has 54 heavy (non-hydrogen) atoms. The fourth-order valence-electron chi connectivity index (χ4n) is 6.99. The minimum Gasteiger partial charge on any atom is -0.480 e. The lowest BCUT2D eigenvalue weighted by Gasteiger charge is -2.20. The van der Waals surface area contributed by atoms with E-state index in [0.717, 1.165) is 47.9 Å². The van der Waals surface area contributed by atoms with Crippen LogP contribution in [-0.2, 0) is 19.1 Å². The SMILES string of the molecule is CCCCCCCCCC=CC(=O)N[C@H](COCCCCCCCCCCCC)CSC[C@H](NC(=O)OCC1c2ccccc2-c2ccccc21)C(=O)O. The number of fused-ring (bicyclic) bond motifs is 3. The number of benzene rings is 2. The zero-order chi connectivity index (χ0) is 38.6. The van der Waals surface area contributed by atoms with Crippen molar-refractivity contribution in [2.45, 2.75) is 147 Å². The minimum atomic E-state index is -1.14. The third kappa shape index (κ3) is 17.9. The summed E-state index contributed by atoms with van der Waals surface area (Å²) in [7, 11) is 0. The first kappa shape index (κ1) is 45.1. The van der Waals surface area contributed by atoms with Crippen molar-refractivity contribution in [2.24, 2.45) is 0 Å². The average Bonchev–Trinajstić information content (AvgIpc) is 3.49. The van der Waals surface area contributed by atoms with Crippen LogP contribution in [0, 0.1) is 0 Å². The highest BCUT2D eigenvalue weighted by Gasteiger charge is 2.30. The van der Waals surface area contributed by atoms with Crippen LogP contribution in [-0.4, -0.2) is 66.5 Å². The van der Waals surface area contributed by atoms with E-state index in [4.69, 9.17) is 9.47 Å². The number of carboxylic acid groups (broad SMARTS) is 1. The second-order valence-electron chi connectivity index (χ2n) is 14.7. The quantitative estimate of drug-likeness (QED) is 0.0517. The number of alkyl carbamates (subject to hydrolysis) is 1. The molecular weight excluding hydrogens is 697 g/mol. The van der Waals surface area contributed by atoms with Gasteiger partial charge >= 0.3 is 12.1 Å². The summed E-state index contributed by atoms with van der Waals surface area (Å²) in [4.78, 5) is 37.8. The molecule has 1 aliphatic carbocycles. The molecule has 300 valence electrons. The monoisotopic (exact) mass is 764 g/mol. The molecule has 2 aromatic rings. The van der Waals surface area contributed by atoms with Gasteiger partial charge in [-0.3, -0.25) is 4.79 Å². The predicted octanol–water partition coefficient (Wildman–Crippen LogP) is 10.8. The molecule has 0 unspecified atom stereocenters. The molecule has 0 saturated carbocycles. The van der Waals surface area contributed by atoms with Gasteiger partial charge in [0, 0.05) is 24.0 Å². The molecule has 0 bridgehead atoms. The van der Waals surface area contributed by atoms with E-state index in [2.05, 4.69) is 36.6 Å². The van der Waals surface area contributed by atoms with Gasteiger partial charge in [-0.1, -0.05) is 165 Å². The second-order valence-corrected chi connectivity index (χ2v) is 15.7. The normalized spacial score (nSPS) is 13.4. The third-order valence-corrected chi connectivity index (χ3v) is 11.3. The van der Waals surface area contributed by atoms with Crippen LogP contribution in [0.25, 0.3) is 11.1 Å². The van der Waals surface area contributed by atoms with Crippen molar-refractivity contribution in [2.75, 3.05) is 31.3 Å². The van der Waals surface area contributed by atoms with E-state index in [1.165, 1.54) is 102 Å². The number of carboxylic acids is 1. The Morgan fingerprint density at radius 1 is 0.722 bits per heavy atom. The standard InChI is InChI=1S/C45H68N2O6S/c1-3-5-7-9-11-13-15-17-19-25-31-52-32-36(46-43(48)30-20-18-16-14-12-10-8-6-4-2)34-54-35-42(44(49)50)47-45(51)53-33-41-39-28-23-21-26-37(39)38-27-22-24-29-40(38)41/h20-24,26-30,36,41-42H,3-19,25,31-35H2,1-2H3,(H,46,48)(H,47,51)(H,49,50)/t36-,42+/m1/s1. The lowest BCUT2D eigenvalue weighted by Crippen LogP contribution is -2.44. The number of carbonyl (C=O) groups is 3. The Morgan fingerprint density at radius 3 is 1.83 bits per heavy atom. The Morgan fingerprint density at radius 2 is 1.26 bits per heavy atom. The fourth-order valence-corrected chi connectivity index (χ4v) is 8.05. The second kappa shape index (κ2) is 28.2. The van der Waals surface area contributed by atoms with E-state index >= 15 is 0 Å². The molecule has 0 aromatic heterocycles. The lowest BCUT2D eigenvalue weighted by molar-refractivity contribution is -0.138. The zero-order valence-corrected chi connectivity index (χ0v) is 34.0. The van der Waals surface area contributed by atoms with Crippen molar-refractivity contribution < 1.29 is 29.0 Å². The molecule has 8 nitrogen and oxygen atoms in total. The van der Waals surface area contributed by atoms with Gasteiger partial charge in [0.1, 0.15) is 12.6 Å². The molecule has 0 aliphatic heterocycles. The maximum absolute atomic E-state index is 12.9. The van der Waals surface area contributed by atoms with Crippen LogP contribution < -0.4 is 10.6 Å². The highest BCUT2D eigenvalue weighted by atomic mass is 32.2. The van der Waals surface area contributed by atoms with Crippen LogP contribution in [0.3, 0.4) is 0 Å². The van der Waals surface area contributed by atoms with Crippen LogP contribution >= 0.6 is 11.8 Å². The number of nitrogens with one attached hydrogen (secondary N) is 2. The van der Waals surface area contributed by atoms with Gasteiger partial charge in [-0.25, -0.2) is 9.59 Å². The van der Waals surface area contributed by atoms with Gasteiger partial charge < -0.3 is 25.2 Å². The molecule has 0 radical (unpaired) electrons. The van der Waals surface area contributed by atoms with Crippen LogP contribution in [0.1, 0.15) is 146 Å². The van der Waals surface area contributed by atoms with Crippen molar-refractivity contribution in [3.63, 3.8) is 0 Å². The van der Waals surface area contributed by atoms with Crippen molar-refractivity contribution in [3.05, 3.63) is 71.8 Å². The number of rotatable bonds is 31. The molecule has 9 heteroatoms. The summed E-state index contributed by atoms with van der Waals surface area (Å²) in [6.07, 6.45) is 24.8. The molecule has 2 amide bonds. The fraction of sp³-hybridized carbons (Fsp3) is 0.622. The molecule has 2 aromatic carbocycles. The summed E-state index contributed by atoms with van der Waals surface area (Å²) in [6, 6.07) is 14.7. The molecule has 0 spiro atoms. The van der Waals surface area contributed by atoms with Gasteiger partial charge in [-0.15, -0.1) is 0 Å². The third-order valence-electron chi connectivity index (χ3n) is 10.1. The zero-order valence-electron chi connectivity index (χ0n) is 33.2. The summed E-state index contributed by atoms with van der Waals surface area (Å²) >= 11 is 1.36. The van der Waals surface area contributed by atoms with Gasteiger partial charge in [0.2, 0.25) is 5.91 Å². The molecule has 3 N–H and O–H groups in total. The smallest absolute Gasteiger partial charge is 0.407 e. The van der Waals surface area contributed by atoms with Crippen LogP contribution in [0.5, 0.6) is 0 Å². The first-order valence-corrected chi connectivity index (χ1v) is 22.1. The Kier molecular flexibility index (Phi) is 23.5. The highest BCUT2D eigenvalue weighted by molar-refractivity contribution is 7.99. The maximum Gasteiger partial charge on any atom is 0.407 e. The molecule has 2 atom stereocenters. The Hall–Kier alpha value is -3.30. The summed E-state index contributed by atoms with van der Waals surface area (Å²) in [5, 5.41) is 15.5. The van der Waals surface area contributed by atoms with Crippen LogP contribution in [0.2, 0.25) is 0 Å². The summed E-state index contributed by atoms with van der Waals surface area (Å²) in [6.45, 7) is 5.55. The number of allylic oxidation sites excluding steroid dienone is 1. The maximum atomic E-state index is 12.9. The average molecular weight is 765 g/mol. The molecule has 0 saturated heterocycles. The summed E-state index contributed by atoms with van der Waals surface area (Å²) in [5.41, 5.74) is 4.43. The van der Waals surface area contributed by atoms with E-state index < -0.39 is 18.1 Å². The number of hydrogen-bond acceptors (Lipinski definition) is 6. The van der Waals surface area contributed by atoms with Crippen molar-refractivity contribution in [1.82, 2.24) is 10.6 Å². The highest BCUT2D eigenvalue weighted by Crippen LogP contribution is 2.44. The Balaban J connectivity index is 1.43. The number of hydrogen-bond donors (Lipinski definition) is 3. The number of aliphatic carboxylic acids is 1. The van der Waals surface area contributed by atoms with Crippen LogP contribution in [0.15, 0.2) is 60.7 Å². The number of unbranched alkanes of at least 4 members (excludes halogenated alkanes) is 16. The Labute approximate surface area is 330 Å². The van der Waals surface area contributed by atoms with Crippen molar-refractivity contribution in [3.8, 4) is 11.1 Å².